The summed E-state index contributed by atoms with van der Waals surface area (Å²) in [6.45, 7) is 0. The van der Waals surface area contributed by atoms with Crippen molar-refractivity contribution in [2.75, 3.05) is 5.75 Å². The quantitative estimate of drug-likeness (QED) is 0.544. The zero-order chi connectivity index (χ0) is 9.73. The fraction of sp³-hybridized carbons (Fsp3) is 0.571. The van der Waals surface area contributed by atoms with Gasteiger partial charge in [-0.25, -0.2) is 4.98 Å². The van der Waals surface area contributed by atoms with E-state index in [4.69, 9.17) is 4.55 Å². The van der Waals surface area contributed by atoms with E-state index < -0.39 is 10.1 Å². The van der Waals surface area contributed by atoms with E-state index in [1.165, 1.54) is 0 Å². The summed E-state index contributed by atoms with van der Waals surface area (Å²) in [6, 6.07) is 0. The zero-order valence-electron chi connectivity index (χ0n) is 7.10. The molecule has 0 aliphatic carbocycles. The van der Waals surface area contributed by atoms with Crippen LogP contribution in [0.1, 0.15) is 18.7 Å². The maximum atomic E-state index is 10.3. The molecule has 6 heteroatoms. The number of aryl methyl sites for hydroxylation is 1. The number of hydrogen-bond donors (Lipinski definition) is 2. The summed E-state index contributed by atoms with van der Waals surface area (Å²) in [5.41, 5.74) is 0. The number of H-pyrrole nitrogens is 1. The number of imidazole rings is 1. The van der Waals surface area contributed by atoms with Crippen LogP contribution in [0.25, 0.3) is 0 Å². The van der Waals surface area contributed by atoms with E-state index >= 15 is 0 Å². The lowest BCUT2D eigenvalue weighted by atomic mass is 10.2. The molecule has 0 amide bonds. The lowest BCUT2D eigenvalue weighted by Crippen LogP contribution is -2.04. The third-order valence-corrected chi connectivity index (χ3v) is 2.43. The lowest BCUT2D eigenvalue weighted by Gasteiger charge is -1.96. The summed E-state index contributed by atoms with van der Waals surface area (Å²) in [7, 11) is -3.80. The van der Waals surface area contributed by atoms with Crippen molar-refractivity contribution >= 4 is 10.1 Å². The van der Waals surface area contributed by atoms with E-state index in [0.717, 1.165) is 5.82 Å². The smallest absolute Gasteiger partial charge is 0.264 e. The van der Waals surface area contributed by atoms with Gasteiger partial charge in [-0.05, 0) is 12.8 Å². The first-order chi connectivity index (χ1) is 6.08. The van der Waals surface area contributed by atoms with E-state index in [1.54, 1.807) is 12.4 Å². The van der Waals surface area contributed by atoms with Crippen molar-refractivity contribution in [3.63, 3.8) is 0 Å². The van der Waals surface area contributed by atoms with Crippen molar-refractivity contribution < 1.29 is 13.0 Å². The number of nitrogens with zero attached hydrogens (tertiary/aromatic N) is 1. The van der Waals surface area contributed by atoms with Crippen molar-refractivity contribution in [3.05, 3.63) is 18.2 Å². The highest BCUT2D eigenvalue weighted by Gasteiger charge is 2.03. The van der Waals surface area contributed by atoms with Crippen LogP contribution in [0.5, 0.6) is 0 Å². The highest BCUT2D eigenvalue weighted by molar-refractivity contribution is 7.85. The predicted molar refractivity (Wildman–Crippen MR) is 47.9 cm³/mol. The van der Waals surface area contributed by atoms with Crippen LogP contribution in [0.2, 0.25) is 0 Å². The van der Waals surface area contributed by atoms with Crippen molar-refractivity contribution in [2.24, 2.45) is 0 Å². The van der Waals surface area contributed by atoms with Crippen molar-refractivity contribution in [3.8, 4) is 0 Å². The van der Waals surface area contributed by atoms with Gasteiger partial charge in [-0.15, -0.1) is 0 Å². The Hall–Kier alpha value is -0.880. The minimum Gasteiger partial charge on any atom is -0.349 e. The summed E-state index contributed by atoms with van der Waals surface area (Å²) < 4.78 is 29.1. The van der Waals surface area contributed by atoms with E-state index in [1.807, 2.05) is 0 Å². The molecule has 74 valence electrons. The molecule has 0 aliphatic heterocycles. The topological polar surface area (TPSA) is 83.1 Å². The van der Waals surface area contributed by atoms with E-state index in [9.17, 15) is 8.42 Å². The highest BCUT2D eigenvalue weighted by atomic mass is 32.2. The monoisotopic (exact) mass is 204 g/mol. The third-order valence-electron chi connectivity index (χ3n) is 1.62. The Balaban J connectivity index is 2.16. The van der Waals surface area contributed by atoms with Gasteiger partial charge in [0, 0.05) is 18.8 Å². The Kier molecular flexibility index (Phi) is 3.44. The summed E-state index contributed by atoms with van der Waals surface area (Å²) in [4.78, 5) is 6.89. The molecule has 1 rings (SSSR count). The highest BCUT2D eigenvalue weighted by Crippen LogP contribution is 2.00. The fourth-order valence-corrected chi connectivity index (χ4v) is 1.58. The molecule has 13 heavy (non-hydrogen) atoms. The average Bonchev–Trinajstić information content (AvgIpc) is 2.48. The summed E-state index contributed by atoms with van der Waals surface area (Å²) in [5, 5.41) is 0. The van der Waals surface area contributed by atoms with Crippen LogP contribution in [-0.4, -0.2) is 28.7 Å². The third kappa shape index (κ3) is 4.64. The first kappa shape index (κ1) is 10.2. The molecule has 1 aromatic heterocycles. The number of aromatic amines is 1. The Morgan fingerprint density at radius 1 is 1.46 bits per heavy atom. The number of rotatable bonds is 5. The molecule has 0 saturated heterocycles. The van der Waals surface area contributed by atoms with E-state index in [0.29, 0.717) is 19.3 Å². The van der Waals surface area contributed by atoms with Gasteiger partial charge in [0.05, 0.1) is 5.75 Å². The number of nitrogens with one attached hydrogen (secondary N) is 1. The molecule has 0 saturated carbocycles. The van der Waals surface area contributed by atoms with Gasteiger partial charge in [0.1, 0.15) is 5.82 Å². The SMILES string of the molecule is O=S(=O)(O)CCCCc1ncc[nH]1. The first-order valence-electron chi connectivity index (χ1n) is 4.01. The Labute approximate surface area is 76.9 Å². The van der Waals surface area contributed by atoms with Crippen LogP contribution in [0.15, 0.2) is 12.4 Å². The number of hydrogen-bond acceptors (Lipinski definition) is 3. The molecule has 0 radical (unpaired) electrons. The van der Waals surface area contributed by atoms with Crippen LogP contribution >= 0.6 is 0 Å². The van der Waals surface area contributed by atoms with Crippen LogP contribution in [0.3, 0.4) is 0 Å². The van der Waals surface area contributed by atoms with Crippen LogP contribution in [0, 0.1) is 0 Å². The van der Waals surface area contributed by atoms with Gasteiger partial charge in [-0.1, -0.05) is 0 Å². The second-order valence-corrected chi connectivity index (χ2v) is 4.35. The standard InChI is InChI=1S/C7H12N2O3S/c10-13(11,12)6-2-1-3-7-8-4-5-9-7/h4-5H,1-3,6H2,(H,8,9)(H,10,11,12). The summed E-state index contributed by atoms with van der Waals surface area (Å²) in [6.07, 6.45) is 5.24. The molecule has 0 aliphatic rings. The lowest BCUT2D eigenvalue weighted by molar-refractivity contribution is 0.480. The van der Waals surface area contributed by atoms with Gasteiger partial charge < -0.3 is 4.98 Å². The zero-order valence-corrected chi connectivity index (χ0v) is 7.92. The normalized spacial score (nSPS) is 11.8. The summed E-state index contributed by atoms with van der Waals surface area (Å²) in [5.74, 6) is 0.670. The molecule has 1 aromatic rings. The first-order valence-corrected chi connectivity index (χ1v) is 5.62. The number of aromatic nitrogens is 2. The fourth-order valence-electron chi connectivity index (χ4n) is 1.01. The summed E-state index contributed by atoms with van der Waals surface area (Å²) >= 11 is 0. The van der Waals surface area contributed by atoms with Gasteiger partial charge in [-0.2, -0.15) is 8.42 Å². The van der Waals surface area contributed by atoms with Gasteiger partial charge in [0.2, 0.25) is 0 Å². The van der Waals surface area contributed by atoms with Crippen molar-refractivity contribution in [2.45, 2.75) is 19.3 Å². The minimum atomic E-state index is -3.80. The Morgan fingerprint density at radius 3 is 2.77 bits per heavy atom. The minimum absolute atomic E-state index is 0.173. The maximum Gasteiger partial charge on any atom is 0.264 e. The molecule has 0 fully saturated rings. The number of unbranched alkanes of at least 4 members (excludes halogenated alkanes) is 1. The molecule has 2 N–H and O–H groups in total. The molecule has 1 heterocycles. The Bertz CT molecular complexity index is 331. The van der Waals surface area contributed by atoms with Crippen LogP contribution in [0.4, 0.5) is 0 Å². The van der Waals surface area contributed by atoms with Gasteiger partial charge >= 0.3 is 0 Å². The molecule has 0 bridgehead atoms. The van der Waals surface area contributed by atoms with Crippen LogP contribution < -0.4 is 0 Å². The molecule has 0 atom stereocenters. The maximum absolute atomic E-state index is 10.3. The molecule has 0 unspecified atom stereocenters. The Morgan fingerprint density at radius 2 is 2.23 bits per heavy atom. The molecule has 0 aromatic carbocycles. The second kappa shape index (κ2) is 4.38. The van der Waals surface area contributed by atoms with Gasteiger partial charge in [0.25, 0.3) is 10.1 Å². The van der Waals surface area contributed by atoms with E-state index in [-0.39, 0.29) is 5.75 Å². The molecule has 0 spiro atoms. The second-order valence-electron chi connectivity index (χ2n) is 2.78. The van der Waals surface area contributed by atoms with Crippen LogP contribution in [-0.2, 0) is 16.5 Å². The van der Waals surface area contributed by atoms with Gasteiger partial charge in [-0.3, -0.25) is 4.55 Å². The molecule has 5 nitrogen and oxygen atoms in total. The largest absolute Gasteiger partial charge is 0.349 e. The molecular weight excluding hydrogens is 192 g/mol. The van der Waals surface area contributed by atoms with Gasteiger partial charge in [0.15, 0.2) is 0 Å². The van der Waals surface area contributed by atoms with Crippen molar-refractivity contribution in [1.29, 1.82) is 0 Å². The van der Waals surface area contributed by atoms with Crippen molar-refractivity contribution in [1.82, 2.24) is 9.97 Å². The predicted octanol–water partition coefficient (Wildman–Crippen LogP) is 0.620. The molecular formula is C7H12N2O3S. The average molecular weight is 204 g/mol. The van der Waals surface area contributed by atoms with E-state index in [2.05, 4.69) is 9.97 Å².